The highest BCUT2D eigenvalue weighted by molar-refractivity contribution is 6.30. The standard InChI is InChI=1S/C12H17ClN4O/c1-7-4-5-11(18-7)10(15-14)6-9-8(2)16-17(3)12(9)13/h4-5,10,15H,6,14H2,1-3H3. The van der Waals surface area contributed by atoms with Crippen molar-refractivity contribution in [3.8, 4) is 0 Å². The monoisotopic (exact) mass is 268 g/mol. The molecule has 0 aliphatic carbocycles. The predicted octanol–water partition coefficient (Wildman–Crippen LogP) is 2.03. The van der Waals surface area contributed by atoms with Crippen molar-refractivity contribution in [2.45, 2.75) is 26.3 Å². The third-order valence-electron chi connectivity index (χ3n) is 2.98. The SMILES string of the molecule is Cc1ccc(C(Cc2c(C)nn(C)c2Cl)NN)o1. The molecule has 0 bridgehead atoms. The van der Waals surface area contributed by atoms with Crippen molar-refractivity contribution in [2.75, 3.05) is 0 Å². The molecule has 0 amide bonds. The van der Waals surface area contributed by atoms with Crippen LogP contribution in [0.25, 0.3) is 0 Å². The van der Waals surface area contributed by atoms with E-state index in [2.05, 4.69) is 10.5 Å². The van der Waals surface area contributed by atoms with E-state index in [1.807, 2.05) is 33.0 Å². The van der Waals surface area contributed by atoms with Crippen molar-refractivity contribution in [1.29, 1.82) is 0 Å². The summed E-state index contributed by atoms with van der Waals surface area (Å²) in [6.07, 6.45) is 0.641. The summed E-state index contributed by atoms with van der Waals surface area (Å²) >= 11 is 6.21. The molecule has 0 radical (unpaired) electrons. The summed E-state index contributed by atoms with van der Waals surface area (Å²) in [6, 6.07) is 3.72. The Balaban J connectivity index is 2.25. The second-order valence-corrected chi connectivity index (χ2v) is 4.71. The van der Waals surface area contributed by atoms with Gasteiger partial charge in [0, 0.05) is 19.0 Å². The molecule has 0 fully saturated rings. The van der Waals surface area contributed by atoms with Crippen LogP contribution in [0.3, 0.4) is 0 Å². The Morgan fingerprint density at radius 2 is 2.22 bits per heavy atom. The maximum Gasteiger partial charge on any atom is 0.130 e. The summed E-state index contributed by atoms with van der Waals surface area (Å²) in [5, 5.41) is 4.92. The van der Waals surface area contributed by atoms with Gasteiger partial charge in [-0.1, -0.05) is 11.6 Å². The normalized spacial score (nSPS) is 12.9. The number of aromatic nitrogens is 2. The van der Waals surface area contributed by atoms with E-state index in [4.69, 9.17) is 21.9 Å². The molecule has 2 aromatic rings. The van der Waals surface area contributed by atoms with Crippen LogP contribution in [0.15, 0.2) is 16.5 Å². The number of halogens is 1. The molecule has 1 unspecified atom stereocenters. The highest BCUT2D eigenvalue weighted by Crippen LogP contribution is 2.26. The molecule has 0 aliphatic rings. The quantitative estimate of drug-likeness (QED) is 0.658. The lowest BCUT2D eigenvalue weighted by Crippen LogP contribution is -2.29. The molecule has 0 saturated heterocycles. The van der Waals surface area contributed by atoms with E-state index in [0.29, 0.717) is 11.6 Å². The first-order valence-corrected chi connectivity index (χ1v) is 6.11. The largest absolute Gasteiger partial charge is 0.465 e. The first-order valence-electron chi connectivity index (χ1n) is 5.73. The zero-order chi connectivity index (χ0) is 13.3. The Hall–Kier alpha value is -1.30. The maximum absolute atomic E-state index is 6.21. The molecule has 0 spiro atoms. The van der Waals surface area contributed by atoms with Gasteiger partial charge in [0.1, 0.15) is 16.7 Å². The zero-order valence-corrected chi connectivity index (χ0v) is 11.5. The second kappa shape index (κ2) is 5.14. The molecule has 0 aliphatic heterocycles. The smallest absolute Gasteiger partial charge is 0.130 e. The van der Waals surface area contributed by atoms with Gasteiger partial charge in [-0.15, -0.1) is 0 Å². The summed E-state index contributed by atoms with van der Waals surface area (Å²) < 4.78 is 7.24. The number of nitrogens with zero attached hydrogens (tertiary/aromatic N) is 2. The minimum absolute atomic E-state index is 0.112. The first kappa shape index (κ1) is 13.1. The summed E-state index contributed by atoms with van der Waals surface area (Å²) in [7, 11) is 1.82. The fraction of sp³-hybridized carbons (Fsp3) is 0.417. The van der Waals surface area contributed by atoms with Crippen LogP contribution < -0.4 is 11.3 Å². The summed E-state index contributed by atoms with van der Waals surface area (Å²) in [6.45, 7) is 3.83. The van der Waals surface area contributed by atoms with E-state index in [1.54, 1.807) is 4.68 Å². The minimum Gasteiger partial charge on any atom is -0.465 e. The van der Waals surface area contributed by atoms with Gasteiger partial charge >= 0.3 is 0 Å². The summed E-state index contributed by atoms with van der Waals surface area (Å²) in [4.78, 5) is 0. The van der Waals surface area contributed by atoms with Gasteiger partial charge in [-0.3, -0.25) is 10.5 Å². The van der Waals surface area contributed by atoms with Crippen LogP contribution in [0.4, 0.5) is 0 Å². The van der Waals surface area contributed by atoms with Crippen LogP contribution in [-0.4, -0.2) is 9.78 Å². The van der Waals surface area contributed by atoms with Crippen LogP contribution in [0, 0.1) is 13.8 Å². The van der Waals surface area contributed by atoms with Gasteiger partial charge in [-0.2, -0.15) is 5.10 Å². The van der Waals surface area contributed by atoms with E-state index in [0.717, 1.165) is 22.8 Å². The number of furan rings is 1. The van der Waals surface area contributed by atoms with Gasteiger partial charge < -0.3 is 4.42 Å². The van der Waals surface area contributed by atoms with Crippen molar-refractivity contribution in [2.24, 2.45) is 12.9 Å². The molecule has 3 N–H and O–H groups in total. The predicted molar refractivity (Wildman–Crippen MR) is 70.2 cm³/mol. The number of hydrogen-bond donors (Lipinski definition) is 2. The zero-order valence-electron chi connectivity index (χ0n) is 10.7. The van der Waals surface area contributed by atoms with Gasteiger partial charge in [0.05, 0.1) is 11.7 Å². The Bertz CT molecular complexity index is 546. The van der Waals surface area contributed by atoms with Gasteiger partial charge in [0.15, 0.2) is 0 Å². The van der Waals surface area contributed by atoms with Crippen LogP contribution in [0.2, 0.25) is 5.15 Å². The van der Waals surface area contributed by atoms with Crippen molar-refractivity contribution >= 4 is 11.6 Å². The Kier molecular flexibility index (Phi) is 3.75. The van der Waals surface area contributed by atoms with Crippen LogP contribution in [0.1, 0.15) is 28.8 Å². The lowest BCUT2D eigenvalue weighted by Gasteiger charge is -2.13. The number of nitrogens with one attached hydrogen (secondary N) is 1. The second-order valence-electron chi connectivity index (χ2n) is 4.35. The fourth-order valence-electron chi connectivity index (χ4n) is 1.99. The topological polar surface area (TPSA) is 69.0 Å². The van der Waals surface area contributed by atoms with Gasteiger partial charge in [-0.25, -0.2) is 5.43 Å². The van der Waals surface area contributed by atoms with E-state index >= 15 is 0 Å². The first-order chi connectivity index (χ1) is 8.52. The van der Waals surface area contributed by atoms with Crippen molar-refractivity contribution < 1.29 is 4.42 Å². The van der Waals surface area contributed by atoms with E-state index in [-0.39, 0.29) is 6.04 Å². The number of hydrogen-bond acceptors (Lipinski definition) is 4. The average molecular weight is 269 g/mol. The number of rotatable bonds is 4. The van der Waals surface area contributed by atoms with Crippen molar-refractivity contribution in [3.05, 3.63) is 40.1 Å². The summed E-state index contributed by atoms with van der Waals surface area (Å²) in [5.41, 5.74) is 4.65. The molecule has 0 saturated carbocycles. The lowest BCUT2D eigenvalue weighted by atomic mass is 10.1. The maximum atomic E-state index is 6.21. The highest BCUT2D eigenvalue weighted by Gasteiger charge is 2.19. The number of hydrazine groups is 1. The van der Waals surface area contributed by atoms with Gasteiger partial charge in [0.25, 0.3) is 0 Å². The molecule has 6 heteroatoms. The molecule has 2 aromatic heterocycles. The Morgan fingerprint density at radius 1 is 1.50 bits per heavy atom. The van der Waals surface area contributed by atoms with Crippen molar-refractivity contribution in [1.82, 2.24) is 15.2 Å². The molecule has 0 aromatic carbocycles. The molecule has 1 atom stereocenters. The summed E-state index contributed by atoms with van der Waals surface area (Å²) in [5.74, 6) is 7.25. The highest BCUT2D eigenvalue weighted by atomic mass is 35.5. The molecule has 2 rings (SSSR count). The third kappa shape index (κ3) is 2.43. The van der Waals surface area contributed by atoms with E-state index < -0.39 is 0 Å². The molecular weight excluding hydrogens is 252 g/mol. The third-order valence-corrected chi connectivity index (χ3v) is 3.46. The van der Waals surface area contributed by atoms with Crippen molar-refractivity contribution in [3.63, 3.8) is 0 Å². The molecule has 5 nitrogen and oxygen atoms in total. The Morgan fingerprint density at radius 3 is 2.67 bits per heavy atom. The van der Waals surface area contributed by atoms with E-state index in [1.165, 1.54) is 0 Å². The van der Waals surface area contributed by atoms with Crippen LogP contribution in [-0.2, 0) is 13.5 Å². The van der Waals surface area contributed by atoms with E-state index in [9.17, 15) is 0 Å². The lowest BCUT2D eigenvalue weighted by molar-refractivity contribution is 0.402. The molecule has 98 valence electrons. The van der Waals surface area contributed by atoms with Gasteiger partial charge in [-0.05, 0) is 26.0 Å². The minimum atomic E-state index is -0.112. The number of nitrogens with two attached hydrogens (primary N) is 1. The number of aryl methyl sites for hydroxylation is 3. The molecule has 2 heterocycles. The molecule has 18 heavy (non-hydrogen) atoms. The van der Waals surface area contributed by atoms with Gasteiger partial charge in [0.2, 0.25) is 0 Å². The Labute approximate surface area is 111 Å². The fourth-order valence-corrected chi connectivity index (χ4v) is 2.24. The van der Waals surface area contributed by atoms with Crippen LogP contribution >= 0.6 is 11.6 Å². The molecular formula is C12H17ClN4O. The average Bonchev–Trinajstić information content (AvgIpc) is 2.84. The van der Waals surface area contributed by atoms with Crippen LogP contribution in [0.5, 0.6) is 0 Å².